The van der Waals surface area contributed by atoms with Gasteiger partial charge in [0.15, 0.2) is 11.9 Å². The highest BCUT2D eigenvalue weighted by molar-refractivity contribution is 14.1. The lowest BCUT2D eigenvalue weighted by Crippen LogP contribution is -2.44. The Balaban J connectivity index is 1.22. The first-order chi connectivity index (χ1) is 18.2. The van der Waals surface area contributed by atoms with Crippen LogP contribution in [0.5, 0.6) is 0 Å². The van der Waals surface area contributed by atoms with E-state index in [1.807, 2.05) is 4.90 Å². The second-order valence-corrected chi connectivity index (χ2v) is 11.6. The quantitative estimate of drug-likeness (QED) is 0.393. The first-order valence-corrected chi connectivity index (χ1v) is 14.0. The van der Waals surface area contributed by atoms with Crippen LogP contribution in [0.25, 0.3) is 11.0 Å². The molecule has 1 unspecified atom stereocenters. The van der Waals surface area contributed by atoms with Crippen LogP contribution in [-0.2, 0) is 18.0 Å². The molecule has 3 fully saturated rings. The van der Waals surface area contributed by atoms with Gasteiger partial charge in [-0.2, -0.15) is 23.3 Å². The Kier molecular flexibility index (Phi) is 6.56. The van der Waals surface area contributed by atoms with Gasteiger partial charge in [0.2, 0.25) is 5.95 Å². The number of halogens is 4. The van der Waals surface area contributed by atoms with Gasteiger partial charge in [-0.05, 0) is 78.7 Å². The average molecular weight is 643 g/mol. The summed E-state index contributed by atoms with van der Waals surface area (Å²) in [6, 6.07) is 2.79. The predicted octanol–water partition coefficient (Wildman–Crippen LogP) is 4.34. The van der Waals surface area contributed by atoms with Crippen LogP contribution in [0, 0.1) is 9.12 Å². The number of anilines is 2. The highest BCUT2D eigenvalue weighted by atomic mass is 127. The lowest BCUT2D eigenvalue weighted by Gasteiger charge is -2.40. The molecule has 0 saturated carbocycles. The highest BCUT2D eigenvalue weighted by Gasteiger charge is 2.42. The number of fused-ring (bicyclic) bond motifs is 1. The Morgan fingerprint density at radius 1 is 1.13 bits per heavy atom. The second-order valence-electron chi connectivity index (χ2n) is 10.6. The Morgan fingerprint density at radius 2 is 1.87 bits per heavy atom. The standard InChI is InChI=1S/C25H29F3IN7O2/c1-33-22(37)19-20(29)32-36(18-4-2-3-13-38-18)21(19)31-23(33)34-10-6-24(7-11-34)8-12-35(15-24)16-5-9-30-17(14-16)25(26,27)28/h5,9,14,18H,2-4,6-8,10-13,15H2,1H3. The number of piperidine rings is 1. The summed E-state index contributed by atoms with van der Waals surface area (Å²) in [5.41, 5.74) is 0.162. The number of ether oxygens (including phenoxy) is 1. The van der Waals surface area contributed by atoms with Gasteiger partial charge in [-0.25, -0.2) is 4.68 Å². The van der Waals surface area contributed by atoms with Crippen molar-refractivity contribution in [2.75, 3.05) is 42.6 Å². The van der Waals surface area contributed by atoms with E-state index in [-0.39, 0.29) is 17.2 Å². The molecule has 0 amide bonds. The maximum absolute atomic E-state index is 13.4. The Labute approximate surface area is 231 Å². The molecule has 1 spiro atoms. The van der Waals surface area contributed by atoms with Crippen LogP contribution >= 0.6 is 22.6 Å². The third-order valence-corrected chi connectivity index (χ3v) is 8.99. The summed E-state index contributed by atoms with van der Waals surface area (Å²) >= 11 is 2.09. The molecule has 0 aliphatic carbocycles. The summed E-state index contributed by atoms with van der Waals surface area (Å²) in [4.78, 5) is 26.0. The van der Waals surface area contributed by atoms with Crippen molar-refractivity contribution in [3.8, 4) is 0 Å². The fourth-order valence-corrected chi connectivity index (χ4v) is 6.74. The van der Waals surface area contributed by atoms with Crippen LogP contribution in [0.1, 0.15) is 50.4 Å². The number of alkyl halides is 3. The minimum Gasteiger partial charge on any atom is -0.371 e. The molecule has 38 heavy (non-hydrogen) atoms. The van der Waals surface area contributed by atoms with E-state index in [1.165, 1.54) is 6.20 Å². The summed E-state index contributed by atoms with van der Waals surface area (Å²) in [7, 11) is 1.75. The van der Waals surface area contributed by atoms with Crippen molar-refractivity contribution in [1.29, 1.82) is 0 Å². The molecule has 0 N–H and O–H groups in total. The molecule has 3 aromatic heterocycles. The smallest absolute Gasteiger partial charge is 0.371 e. The van der Waals surface area contributed by atoms with Crippen molar-refractivity contribution >= 4 is 45.3 Å². The van der Waals surface area contributed by atoms with Crippen LogP contribution < -0.4 is 15.4 Å². The van der Waals surface area contributed by atoms with Crippen molar-refractivity contribution < 1.29 is 17.9 Å². The van der Waals surface area contributed by atoms with E-state index in [2.05, 4.69) is 37.6 Å². The summed E-state index contributed by atoms with van der Waals surface area (Å²) in [6.07, 6.45) is 2.12. The summed E-state index contributed by atoms with van der Waals surface area (Å²) in [5.74, 6) is 0.615. The van der Waals surface area contributed by atoms with Gasteiger partial charge in [-0.3, -0.25) is 14.3 Å². The number of hydrogen-bond acceptors (Lipinski definition) is 7. The van der Waals surface area contributed by atoms with Crippen LogP contribution in [0.4, 0.5) is 24.8 Å². The predicted molar refractivity (Wildman–Crippen MR) is 144 cm³/mol. The number of rotatable bonds is 3. The summed E-state index contributed by atoms with van der Waals surface area (Å²) < 4.78 is 49.4. The largest absolute Gasteiger partial charge is 0.433 e. The SMILES string of the molecule is Cn1c(N2CCC3(CCN(c4ccnc(C(F)(F)F)c4)C3)CC2)nc2c(c(I)nn2C2CCCCO2)c1=O. The molecule has 0 radical (unpaired) electrons. The minimum absolute atomic E-state index is 0.0220. The van der Waals surface area contributed by atoms with Crippen molar-refractivity contribution in [3.63, 3.8) is 0 Å². The number of hydrogen-bond donors (Lipinski definition) is 0. The van der Waals surface area contributed by atoms with Crippen LogP contribution in [0.15, 0.2) is 23.1 Å². The topological polar surface area (TPSA) is 81.3 Å². The minimum atomic E-state index is -4.46. The fourth-order valence-electron chi connectivity index (χ4n) is 6.03. The van der Waals surface area contributed by atoms with Crippen LogP contribution in [-0.4, -0.2) is 57.1 Å². The number of aromatic nitrogens is 5. The van der Waals surface area contributed by atoms with E-state index in [0.29, 0.717) is 46.1 Å². The summed E-state index contributed by atoms with van der Waals surface area (Å²) in [5, 5.41) is 5.14. The highest BCUT2D eigenvalue weighted by Crippen LogP contribution is 2.43. The molecular weight excluding hydrogens is 614 g/mol. The summed E-state index contributed by atoms with van der Waals surface area (Å²) in [6.45, 7) is 3.52. The van der Waals surface area contributed by atoms with Gasteiger partial charge in [0.25, 0.3) is 5.56 Å². The first kappa shape index (κ1) is 25.8. The van der Waals surface area contributed by atoms with E-state index < -0.39 is 11.9 Å². The van der Waals surface area contributed by atoms with Crippen molar-refractivity contribution in [2.45, 2.75) is 50.9 Å². The zero-order chi connectivity index (χ0) is 26.7. The lowest BCUT2D eigenvalue weighted by molar-refractivity contribution is -0.141. The van der Waals surface area contributed by atoms with Crippen molar-refractivity contribution in [2.24, 2.45) is 12.5 Å². The van der Waals surface area contributed by atoms with Gasteiger partial charge < -0.3 is 14.5 Å². The molecule has 3 aliphatic rings. The van der Waals surface area contributed by atoms with Crippen LogP contribution in [0.3, 0.4) is 0 Å². The molecule has 3 saturated heterocycles. The Bertz CT molecular complexity index is 1410. The van der Waals surface area contributed by atoms with Gasteiger partial charge in [0.1, 0.15) is 14.8 Å². The second kappa shape index (κ2) is 9.65. The van der Waals surface area contributed by atoms with Crippen molar-refractivity contribution in [3.05, 3.63) is 38.1 Å². The monoisotopic (exact) mass is 643 g/mol. The van der Waals surface area contributed by atoms with Gasteiger partial charge in [-0.1, -0.05) is 0 Å². The lowest BCUT2D eigenvalue weighted by atomic mass is 9.78. The molecule has 1 atom stereocenters. The molecule has 13 heteroatoms. The molecule has 6 heterocycles. The molecule has 204 valence electrons. The molecule has 3 aromatic rings. The zero-order valence-electron chi connectivity index (χ0n) is 21.0. The maximum Gasteiger partial charge on any atom is 0.433 e. The first-order valence-electron chi connectivity index (χ1n) is 12.9. The van der Waals surface area contributed by atoms with Gasteiger partial charge in [-0.15, -0.1) is 0 Å². The van der Waals surface area contributed by atoms with Gasteiger partial charge in [0.05, 0.1) is 0 Å². The van der Waals surface area contributed by atoms with E-state index >= 15 is 0 Å². The molecule has 3 aliphatic heterocycles. The van der Waals surface area contributed by atoms with E-state index in [0.717, 1.165) is 57.7 Å². The van der Waals surface area contributed by atoms with Gasteiger partial charge >= 0.3 is 6.18 Å². The fraction of sp³-hybridized carbons (Fsp3) is 0.600. The van der Waals surface area contributed by atoms with Crippen molar-refractivity contribution in [1.82, 2.24) is 24.3 Å². The third kappa shape index (κ3) is 4.54. The normalized spacial score (nSPS) is 22.1. The molecule has 9 nitrogen and oxygen atoms in total. The maximum atomic E-state index is 13.4. The van der Waals surface area contributed by atoms with E-state index in [9.17, 15) is 18.0 Å². The van der Waals surface area contributed by atoms with E-state index in [1.54, 1.807) is 22.4 Å². The Morgan fingerprint density at radius 3 is 2.55 bits per heavy atom. The molecule has 0 bridgehead atoms. The molecule has 6 rings (SSSR count). The third-order valence-electron chi connectivity index (χ3n) is 8.24. The van der Waals surface area contributed by atoms with Gasteiger partial charge in [0, 0.05) is 51.7 Å². The number of pyridine rings is 1. The average Bonchev–Trinajstić information content (AvgIpc) is 3.48. The Hall–Kier alpha value is -2.42. The zero-order valence-corrected chi connectivity index (χ0v) is 23.2. The van der Waals surface area contributed by atoms with E-state index in [4.69, 9.17) is 9.72 Å². The molecular formula is C25H29F3IN7O2. The van der Waals surface area contributed by atoms with Crippen LogP contribution in [0.2, 0.25) is 0 Å². The molecule has 0 aromatic carbocycles. The number of nitrogens with zero attached hydrogens (tertiary/aromatic N) is 7.